The van der Waals surface area contributed by atoms with E-state index in [9.17, 15) is 9.90 Å². The Morgan fingerprint density at radius 2 is 1.81 bits per heavy atom. The second kappa shape index (κ2) is 6.79. The summed E-state index contributed by atoms with van der Waals surface area (Å²) < 4.78 is 13.2. The highest BCUT2D eigenvalue weighted by atomic mass is 16.7. The van der Waals surface area contributed by atoms with Crippen molar-refractivity contribution in [2.75, 3.05) is 6.61 Å². The van der Waals surface area contributed by atoms with Crippen LogP contribution < -0.4 is 0 Å². The fraction of sp³-hybridized carbons (Fsp3) is 0.963. The van der Waals surface area contributed by atoms with Gasteiger partial charge in [0.15, 0.2) is 5.79 Å². The number of hydrogen-bond acceptors (Lipinski definition) is 4. The Labute approximate surface area is 187 Å². The van der Waals surface area contributed by atoms with Gasteiger partial charge in [-0.25, -0.2) is 0 Å². The van der Waals surface area contributed by atoms with Crippen molar-refractivity contribution >= 4 is 5.78 Å². The molecule has 6 aliphatic rings. The molecular formula is C27H42O4. The highest BCUT2D eigenvalue weighted by Crippen LogP contribution is 2.70. The minimum atomic E-state index is -0.448. The lowest BCUT2D eigenvalue weighted by Crippen LogP contribution is -2.58. The summed E-state index contributed by atoms with van der Waals surface area (Å²) in [6.07, 6.45) is 9.39. The zero-order valence-electron chi connectivity index (χ0n) is 19.9. The van der Waals surface area contributed by atoms with Gasteiger partial charge in [-0.1, -0.05) is 27.7 Å². The van der Waals surface area contributed by atoms with E-state index in [4.69, 9.17) is 9.47 Å². The summed E-state index contributed by atoms with van der Waals surface area (Å²) in [4.78, 5) is 14.0. The molecular weight excluding hydrogens is 388 g/mol. The monoisotopic (exact) mass is 430 g/mol. The molecule has 2 saturated heterocycles. The third-order valence-corrected chi connectivity index (χ3v) is 11.8. The van der Waals surface area contributed by atoms with E-state index in [1.54, 1.807) is 0 Å². The quantitative estimate of drug-likeness (QED) is 0.589. The zero-order chi connectivity index (χ0) is 21.8. The van der Waals surface area contributed by atoms with Gasteiger partial charge in [0, 0.05) is 30.1 Å². The highest BCUT2D eigenvalue weighted by molar-refractivity contribution is 5.87. The van der Waals surface area contributed by atoms with Crippen molar-refractivity contribution in [1.29, 1.82) is 0 Å². The van der Waals surface area contributed by atoms with Crippen molar-refractivity contribution in [2.45, 2.75) is 103 Å². The van der Waals surface area contributed by atoms with Crippen molar-refractivity contribution in [2.24, 2.45) is 52.3 Å². The van der Waals surface area contributed by atoms with Crippen molar-refractivity contribution < 1.29 is 19.4 Å². The standard InChI is InChI=1S/C27H42O4/c1-15-7-10-27(30-14-15)16(2)24-22(31-27)12-21-19-6-5-17-11-18(28)8-9-25(17,3)20(19)13-23(29)26(21,24)4/h15-22,24,28H,5-14H2,1-4H3/t15-,16+,17-,18-,19+,20-,21-,22-,24-,25-,26+,27-/m0/s1. The first kappa shape index (κ1) is 21.1. The van der Waals surface area contributed by atoms with Crippen molar-refractivity contribution in [3.8, 4) is 0 Å². The molecule has 1 spiro atoms. The van der Waals surface area contributed by atoms with E-state index in [1.165, 1.54) is 12.8 Å². The minimum Gasteiger partial charge on any atom is -0.393 e. The number of fused-ring (bicyclic) bond motifs is 7. The van der Waals surface area contributed by atoms with Crippen LogP contribution in [0.25, 0.3) is 0 Å². The lowest BCUT2D eigenvalue weighted by molar-refractivity contribution is -0.272. The second-order valence-electron chi connectivity index (χ2n) is 13.0. The maximum atomic E-state index is 14.0. The van der Waals surface area contributed by atoms with Crippen molar-refractivity contribution in [3.63, 3.8) is 0 Å². The van der Waals surface area contributed by atoms with Crippen LogP contribution >= 0.6 is 0 Å². The summed E-state index contributed by atoms with van der Waals surface area (Å²) in [5.41, 5.74) is -0.0221. The lowest BCUT2D eigenvalue weighted by Gasteiger charge is -2.60. The van der Waals surface area contributed by atoms with E-state index in [1.807, 2.05) is 0 Å². The van der Waals surface area contributed by atoms with Gasteiger partial charge in [0.2, 0.25) is 0 Å². The Balaban J connectivity index is 1.30. The normalized spacial score (nSPS) is 60.9. The topological polar surface area (TPSA) is 55.8 Å². The number of hydrogen-bond donors (Lipinski definition) is 1. The van der Waals surface area contributed by atoms with Crippen LogP contribution in [0, 0.1) is 52.3 Å². The number of ether oxygens (including phenoxy) is 2. The van der Waals surface area contributed by atoms with Crippen LogP contribution in [-0.2, 0) is 14.3 Å². The molecule has 31 heavy (non-hydrogen) atoms. The van der Waals surface area contributed by atoms with E-state index in [2.05, 4.69) is 27.7 Å². The van der Waals surface area contributed by atoms with Crippen LogP contribution in [0.4, 0.5) is 0 Å². The molecule has 6 fully saturated rings. The molecule has 0 aromatic rings. The van der Waals surface area contributed by atoms with Crippen molar-refractivity contribution in [3.05, 3.63) is 0 Å². The molecule has 12 atom stereocenters. The molecule has 6 rings (SSSR count). The molecule has 0 aromatic carbocycles. The Bertz CT molecular complexity index is 756. The van der Waals surface area contributed by atoms with Gasteiger partial charge in [-0.2, -0.15) is 0 Å². The fourth-order valence-corrected chi connectivity index (χ4v) is 9.93. The molecule has 0 bridgehead atoms. The summed E-state index contributed by atoms with van der Waals surface area (Å²) in [5, 5.41) is 10.3. The van der Waals surface area contributed by atoms with Gasteiger partial charge in [0.25, 0.3) is 0 Å². The maximum absolute atomic E-state index is 14.0. The predicted molar refractivity (Wildman–Crippen MR) is 118 cm³/mol. The number of carbonyl (C=O) groups is 1. The molecule has 2 aliphatic heterocycles. The minimum absolute atomic E-state index is 0.131. The lowest BCUT2D eigenvalue weighted by atomic mass is 9.44. The molecule has 2 heterocycles. The van der Waals surface area contributed by atoms with Gasteiger partial charge in [-0.05, 0) is 80.0 Å². The molecule has 0 aromatic heterocycles. The first-order chi connectivity index (χ1) is 14.7. The Hall–Kier alpha value is -0.450. The Morgan fingerprint density at radius 1 is 1.00 bits per heavy atom. The van der Waals surface area contributed by atoms with Crippen LogP contribution in [0.5, 0.6) is 0 Å². The van der Waals surface area contributed by atoms with Crippen LogP contribution in [-0.4, -0.2) is 35.5 Å². The highest BCUT2D eigenvalue weighted by Gasteiger charge is 2.71. The third kappa shape index (κ3) is 2.68. The second-order valence-corrected chi connectivity index (χ2v) is 13.0. The molecule has 0 radical (unpaired) electrons. The average Bonchev–Trinajstić information content (AvgIpc) is 3.18. The Morgan fingerprint density at radius 3 is 2.55 bits per heavy atom. The molecule has 4 heteroatoms. The van der Waals surface area contributed by atoms with E-state index in [0.717, 1.165) is 51.6 Å². The molecule has 174 valence electrons. The van der Waals surface area contributed by atoms with Crippen molar-refractivity contribution in [1.82, 2.24) is 0 Å². The van der Waals surface area contributed by atoms with Crippen LogP contribution in [0.2, 0.25) is 0 Å². The number of rotatable bonds is 0. The van der Waals surface area contributed by atoms with Gasteiger partial charge in [0.1, 0.15) is 5.78 Å². The van der Waals surface area contributed by atoms with E-state index < -0.39 is 5.79 Å². The molecule has 4 aliphatic carbocycles. The zero-order valence-corrected chi connectivity index (χ0v) is 19.9. The first-order valence-electron chi connectivity index (χ1n) is 13.2. The van der Waals surface area contributed by atoms with E-state index in [-0.39, 0.29) is 29.0 Å². The summed E-state index contributed by atoms with van der Waals surface area (Å²) in [6.45, 7) is 10.1. The number of ketones is 1. The average molecular weight is 431 g/mol. The number of aliphatic hydroxyl groups excluding tert-OH is 1. The van der Waals surface area contributed by atoms with Gasteiger partial charge >= 0.3 is 0 Å². The summed E-state index contributed by atoms with van der Waals surface area (Å²) in [6, 6.07) is 0. The largest absolute Gasteiger partial charge is 0.393 e. The Kier molecular flexibility index (Phi) is 4.62. The molecule has 0 amide bonds. The van der Waals surface area contributed by atoms with E-state index in [0.29, 0.717) is 41.3 Å². The van der Waals surface area contributed by atoms with Crippen LogP contribution in [0.3, 0.4) is 0 Å². The van der Waals surface area contributed by atoms with Gasteiger partial charge in [-0.15, -0.1) is 0 Å². The first-order valence-corrected chi connectivity index (χ1v) is 13.2. The summed E-state index contributed by atoms with van der Waals surface area (Å²) in [7, 11) is 0. The fourth-order valence-electron chi connectivity index (χ4n) is 9.93. The molecule has 0 unspecified atom stereocenters. The third-order valence-electron chi connectivity index (χ3n) is 11.8. The van der Waals surface area contributed by atoms with Crippen LogP contribution in [0.15, 0.2) is 0 Å². The summed E-state index contributed by atoms with van der Waals surface area (Å²) in [5.74, 6) is 3.45. The smallest absolute Gasteiger partial charge is 0.171 e. The van der Waals surface area contributed by atoms with Gasteiger partial charge in [-0.3, -0.25) is 4.79 Å². The molecule has 4 saturated carbocycles. The molecule has 1 N–H and O–H groups in total. The number of Topliss-reactive ketones (excluding diaryl/α,β-unsaturated/α-hetero) is 1. The maximum Gasteiger partial charge on any atom is 0.171 e. The summed E-state index contributed by atoms with van der Waals surface area (Å²) >= 11 is 0. The number of carbonyl (C=O) groups excluding carboxylic acids is 1. The SMILES string of the molecule is C[C@H]1CC[C@]2(OC1)O[C@H]1C[C@H]3[C@@H]4CC[C@H]5C[C@@H](O)CC[C@]5(C)[C@H]4CC(=O)[C@]3(C)[C@H]1[C@H]2C. The van der Waals surface area contributed by atoms with E-state index >= 15 is 0 Å². The van der Waals surface area contributed by atoms with Gasteiger partial charge in [0.05, 0.1) is 18.8 Å². The van der Waals surface area contributed by atoms with Crippen LogP contribution in [0.1, 0.15) is 85.5 Å². The predicted octanol–water partition coefficient (Wildman–Crippen LogP) is 4.97. The molecule has 4 nitrogen and oxygen atoms in total. The van der Waals surface area contributed by atoms with Gasteiger partial charge < -0.3 is 14.6 Å². The number of aliphatic hydroxyl groups is 1.